The monoisotopic (exact) mass is 389 g/mol. The summed E-state index contributed by atoms with van der Waals surface area (Å²) in [7, 11) is 0. The van der Waals surface area contributed by atoms with Gasteiger partial charge in [0, 0.05) is 26.1 Å². The second-order valence-corrected chi connectivity index (χ2v) is 7.39. The van der Waals surface area contributed by atoms with Gasteiger partial charge >= 0.3 is 0 Å². The molecule has 1 aromatic heterocycles. The number of ether oxygens (including phenoxy) is 2. The first-order valence-electron chi connectivity index (χ1n) is 9.74. The average molecular weight is 389 g/mol. The minimum Gasteiger partial charge on any atom is -0.484 e. The van der Waals surface area contributed by atoms with Gasteiger partial charge in [0.1, 0.15) is 11.6 Å². The van der Waals surface area contributed by atoms with E-state index in [0.29, 0.717) is 43.6 Å². The van der Waals surface area contributed by atoms with Gasteiger partial charge in [-0.05, 0) is 49.4 Å². The van der Waals surface area contributed by atoms with Crippen molar-refractivity contribution >= 4 is 5.91 Å². The SMILES string of the molecule is O=C(COc1ccc(F)cc1)N1CCC(c2nc(CCOCC3CC3)no2)C1. The lowest BCUT2D eigenvalue weighted by Gasteiger charge is -2.16. The molecule has 2 heterocycles. The lowest BCUT2D eigenvalue weighted by molar-refractivity contribution is -0.132. The van der Waals surface area contributed by atoms with Crippen molar-refractivity contribution in [1.82, 2.24) is 15.0 Å². The molecule has 7 nitrogen and oxygen atoms in total. The Labute approximate surface area is 162 Å². The zero-order valence-electron chi connectivity index (χ0n) is 15.7. The van der Waals surface area contributed by atoms with Crippen LogP contribution < -0.4 is 4.74 Å². The number of halogens is 1. The van der Waals surface area contributed by atoms with E-state index in [9.17, 15) is 9.18 Å². The minimum atomic E-state index is -0.338. The van der Waals surface area contributed by atoms with Crippen LogP contribution in [0, 0.1) is 11.7 Å². The molecular weight excluding hydrogens is 365 g/mol. The number of carbonyl (C=O) groups excluding carboxylic acids is 1. The Morgan fingerprint density at radius 3 is 2.86 bits per heavy atom. The number of nitrogens with zero attached hydrogens (tertiary/aromatic N) is 3. The third-order valence-corrected chi connectivity index (χ3v) is 5.07. The van der Waals surface area contributed by atoms with Gasteiger partial charge in [-0.1, -0.05) is 5.16 Å². The Hall–Kier alpha value is -2.48. The number of rotatable bonds is 9. The lowest BCUT2D eigenvalue weighted by atomic mass is 10.1. The largest absolute Gasteiger partial charge is 0.484 e. The predicted molar refractivity (Wildman–Crippen MR) is 97.4 cm³/mol. The van der Waals surface area contributed by atoms with Crippen molar-refractivity contribution in [3.05, 3.63) is 41.8 Å². The normalized spacial score (nSPS) is 19.2. The Kier molecular flexibility index (Phi) is 5.85. The zero-order chi connectivity index (χ0) is 19.3. The first kappa shape index (κ1) is 18.9. The van der Waals surface area contributed by atoms with Gasteiger partial charge in [-0.25, -0.2) is 4.39 Å². The van der Waals surface area contributed by atoms with E-state index in [1.807, 2.05) is 0 Å². The summed E-state index contributed by atoms with van der Waals surface area (Å²) < 4.78 is 29.3. The molecule has 2 aliphatic rings. The third kappa shape index (κ3) is 5.07. The molecule has 1 unspecified atom stereocenters. The van der Waals surface area contributed by atoms with Gasteiger partial charge in [-0.3, -0.25) is 4.79 Å². The number of benzene rings is 1. The van der Waals surface area contributed by atoms with Crippen LogP contribution in [0.15, 0.2) is 28.8 Å². The number of hydrogen-bond donors (Lipinski definition) is 0. The molecule has 150 valence electrons. The van der Waals surface area contributed by atoms with Gasteiger partial charge in [0.15, 0.2) is 12.4 Å². The van der Waals surface area contributed by atoms with Gasteiger partial charge in [0.2, 0.25) is 5.89 Å². The summed E-state index contributed by atoms with van der Waals surface area (Å²) in [6, 6.07) is 5.61. The van der Waals surface area contributed by atoms with E-state index < -0.39 is 0 Å². The second-order valence-electron chi connectivity index (χ2n) is 7.39. The van der Waals surface area contributed by atoms with E-state index in [1.165, 1.54) is 37.1 Å². The van der Waals surface area contributed by atoms with Crippen LogP contribution in [0.25, 0.3) is 0 Å². The van der Waals surface area contributed by atoms with E-state index >= 15 is 0 Å². The second kappa shape index (κ2) is 8.68. The van der Waals surface area contributed by atoms with Crippen LogP contribution in [0.1, 0.15) is 36.9 Å². The fourth-order valence-electron chi connectivity index (χ4n) is 3.19. The van der Waals surface area contributed by atoms with Gasteiger partial charge in [-0.2, -0.15) is 4.98 Å². The summed E-state index contributed by atoms with van der Waals surface area (Å²) in [5, 5.41) is 4.02. The van der Waals surface area contributed by atoms with E-state index in [-0.39, 0.29) is 24.2 Å². The van der Waals surface area contributed by atoms with E-state index in [1.54, 1.807) is 4.90 Å². The van der Waals surface area contributed by atoms with Crippen molar-refractivity contribution in [3.63, 3.8) is 0 Å². The number of aromatic nitrogens is 2. The number of likely N-dealkylation sites (tertiary alicyclic amines) is 1. The summed E-state index contributed by atoms with van der Waals surface area (Å²) in [4.78, 5) is 18.5. The fourth-order valence-corrected chi connectivity index (χ4v) is 3.19. The van der Waals surface area contributed by atoms with E-state index in [2.05, 4.69) is 10.1 Å². The average Bonchev–Trinajstić information content (AvgIpc) is 3.18. The van der Waals surface area contributed by atoms with Crippen molar-refractivity contribution in [2.24, 2.45) is 5.92 Å². The van der Waals surface area contributed by atoms with Gasteiger partial charge in [0.05, 0.1) is 12.5 Å². The Morgan fingerprint density at radius 2 is 2.07 bits per heavy atom. The maximum absolute atomic E-state index is 12.9. The molecule has 1 aromatic carbocycles. The molecule has 2 fully saturated rings. The van der Waals surface area contributed by atoms with Crippen LogP contribution in [0.4, 0.5) is 4.39 Å². The quantitative estimate of drug-likeness (QED) is 0.614. The molecule has 0 N–H and O–H groups in total. The molecular formula is C20H24FN3O4. The van der Waals surface area contributed by atoms with E-state index in [0.717, 1.165) is 18.9 Å². The fraction of sp³-hybridized carbons (Fsp3) is 0.550. The number of hydrogen-bond acceptors (Lipinski definition) is 6. The molecule has 28 heavy (non-hydrogen) atoms. The van der Waals surface area contributed by atoms with E-state index in [4.69, 9.17) is 14.0 Å². The predicted octanol–water partition coefficient (Wildman–Crippen LogP) is 2.57. The van der Waals surface area contributed by atoms with Crippen LogP contribution in [0.2, 0.25) is 0 Å². The first-order valence-corrected chi connectivity index (χ1v) is 9.74. The summed E-state index contributed by atoms with van der Waals surface area (Å²) in [5.74, 6) is 2.03. The molecule has 1 aliphatic heterocycles. The summed E-state index contributed by atoms with van der Waals surface area (Å²) in [5.41, 5.74) is 0. The maximum atomic E-state index is 12.9. The smallest absolute Gasteiger partial charge is 0.260 e. The van der Waals surface area contributed by atoms with Crippen molar-refractivity contribution in [1.29, 1.82) is 0 Å². The molecule has 1 amide bonds. The van der Waals surface area contributed by atoms with Crippen molar-refractivity contribution < 1.29 is 23.2 Å². The van der Waals surface area contributed by atoms with Crippen LogP contribution in [0.3, 0.4) is 0 Å². The highest BCUT2D eigenvalue weighted by Gasteiger charge is 2.31. The Morgan fingerprint density at radius 1 is 1.25 bits per heavy atom. The molecule has 0 bridgehead atoms. The van der Waals surface area contributed by atoms with Crippen LogP contribution >= 0.6 is 0 Å². The Bertz CT molecular complexity index is 791. The highest BCUT2D eigenvalue weighted by Crippen LogP contribution is 2.29. The van der Waals surface area contributed by atoms with Gasteiger partial charge in [-0.15, -0.1) is 0 Å². The Balaban J connectivity index is 1.20. The molecule has 1 saturated heterocycles. The first-order chi connectivity index (χ1) is 13.7. The molecule has 4 rings (SSSR count). The summed E-state index contributed by atoms with van der Waals surface area (Å²) in [6.07, 6.45) is 3.97. The standard InChI is InChI=1S/C20H24FN3O4/c21-16-3-5-17(6-4-16)27-13-19(25)24-9-7-15(11-24)20-22-18(23-28-20)8-10-26-12-14-1-2-14/h3-6,14-15H,1-2,7-13H2. The molecule has 1 aliphatic carbocycles. The minimum absolute atomic E-state index is 0.0448. The van der Waals surface area contributed by atoms with Crippen LogP contribution in [0.5, 0.6) is 5.75 Å². The highest BCUT2D eigenvalue weighted by molar-refractivity contribution is 5.78. The van der Waals surface area contributed by atoms with Gasteiger partial charge < -0.3 is 18.9 Å². The lowest BCUT2D eigenvalue weighted by Crippen LogP contribution is -2.32. The molecule has 2 aromatic rings. The van der Waals surface area contributed by atoms with Crippen LogP contribution in [-0.4, -0.2) is 53.9 Å². The number of amides is 1. The third-order valence-electron chi connectivity index (χ3n) is 5.07. The van der Waals surface area contributed by atoms with Crippen molar-refractivity contribution in [3.8, 4) is 5.75 Å². The molecule has 1 saturated carbocycles. The van der Waals surface area contributed by atoms with Crippen molar-refractivity contribution in [2.75, 3.05) is 32.9 Å². The zero-order valence-corrected chi connectivity index (χ0v) is 15.7. The topological polar surface area (TPSA) is 77.7 Å². The van der Waals surface area contributed by atoms with Crippen LogP contribution in [-0.2, 0) is 16.0 Å². The number of carbonyl (C=O) groups is 1. The molecule has 1 atom stereocenters. The molecule has 0 radical (unpaired) electrons. The summed E-state index contributed by atoms with van der Waals surface area (Å²) >= 11 is 0. The summed E-state index contributed by atoms with van der Waals surface area (Å²) in [6.45, 7) is 2.51. The molecule has 0 spiro atoms. The van der Waals surface area contributed by atoms with Gasteiger partial charge in [0.25, 0.3) is 5.91 Å². The maximum Gasteiger partial charge on any atom is 0.260 e. The molecule has 8 heteroatoms. The van der Waals surface area contributed by atoms with Crippen molar-refractivity contribution in [2.45, 2.75) is 31.6 Å². The highest BCUT2D eigenvalue weighted by atomic mass is 19.1.